The first-order valence-corrected chi connectivity index (χ1v) is 17.7. The average molecular weight is 649 g/mol. The zero-order valence-electron chi connectivity index (χ0n) is 27.8. The van der Waals surface area contributed by atoms with Gasteiger partial charge in [-0.25, -0.2) is 0 Å². The molecular weight excluding hydrogens is 617 g/mol. The van der Waals surface area contributed by atoms with Crippen molar-refractivity contribution in [1.29, 1.82) is 0 Å². The lowest BCUT2D eigenvalue weighted by Crippen LogP contribution is -2.09. The first kappa shape index (κ1) is 28.2. The van der Waals surface area contributed by atoms with Crippen LogP contribution in [-0.2, 0) is 0 Å². The lowest BCUT2D eigenvalue weighted by atomic mass is 9.94. The monoisotopic (exact) mass is 648 g/mol. The van der Waals surface area contributed by atoms with E-state index in [1.54, 1.807) is 0 Å². The van der Waals surface area contributed by atoms with Crippen LogP contribution in [0.15, 0.2) is 182 Å². The summed E-state index contributed by atoms with van der Waals surface area (Å²) >= 11 is 0. The van der Waals surface area contributed by atoms with Crippen molar-refractivity contribution in [2.75, 3.05) is 5.32 Å². The van der Waals surface area contributed by atoms with Crippen LogP contribution in [0, 0.1) is 0 Å². The summed E-state index contributed by atoms with van der Waals surface area (Å²) in [7, 11) is 0. The number of fused-ring (bicyclic) bond motifs is 12. The summed E-state index contributed by atoms with van der Waals surface area (Å²) in [6.45, 7) is 0. The van der Waals surface area contributed by atoms with E-state index in [0.717, 1.165) is 5.69 Å². The maximum atomic E-state index is 3.80. The standard InChI is InChI=1S/C49H32N2/c1-2-12-33(13-3-1)50-49-42-20-9-8-18-39(42)44-28-31(22-25-43(44)49)32-23-27-48-46(29-32)41-19-10-11-21-47(41)51(48)34-24-26-40-37-16-5-4-14-35(37)36-15-6-7-17-38(36)45(40)30-34/h1-30,49-50H. The molecule has 0 amide bonds. The van der Waals surface area contributed by atoms with E-state index < -0.39 is 0 Å². The van der Waals surface area contributed by atoms with E-state index in [-0.39, 0.29) is 6.04 Å². The van der Waals surface area contributed by atoms with Gasteiger partial charge < -0.3 is 9.88 Å². The molecule has 51 heavy (non-hydrogen) atoms. The number of aromatic nitrogens is 1. The van der Waals surface area contributed by atoms with E-state index in [1.807, 2.05) is 0 Å². The van der Waals surface area contributed by atoms with Gasteiger partial charge in [0.15, 0.2) is 0 Å². The number of nitrogens with zero attached hydrogens (tertiary/aromatic N) is 1. The quantitative estimate of drug-likeness (QED) is 0.188. The Balaban J connectivity index is 1.07. The number of hydrogen-bond acceptors (Lipinski definition) is 1. The van der Waals surface area contributed by atoms with E-state index in [4.69, 9.17) is 0 Å². The number of hydrogen-bond donors (Lipinski definition) is 1. The van der Waals surface area contributed by atoms with Crippen molar-refractivity contribution in [3.63, 3.8) is 0 Å². The molecule has 2 nitrogen and oxygen atoms in total. The second-order valence-corrected chi connectivity index (χ2v) is 13.7. The van der Waals surface area contributed by atoms with Gasteiger partial charge in [-0.1, -0.05) is 133 Å². The molecule has 1 unspecified atom stereocenters. The molecule has 0 spiro atoms. The Labute approximate surface area is 295 Å². The summed E-state index contributed by atoms with van der Waals surface area (Å²) in [6, 6.07) is 66.9. The van der Waals surface area contributed by atoms with Crippen LogP contribution < -0.4 is 5.32 Å². The summed E-state index contributed by atoms with van der Waals surface area (Å²) in [5.41, 5.74) is 12.4. The highest BCUT2D eigenvalue weighted by atomic mass is 15.0. The number of rotatable bonds is 4. The van der Waals surface area contributed by atoms with Crippen LogP contribution >= 0.6 is 0 Å². The van der Waals surface area contributed by atoms with Gasteiger partial charge in [-0.2, -0.15) is 0 Å². The van der Waals surface area contributed by atoms with E-state index in [9.17, 15) is 0 Å². The third kappa shape index (κ3) is 4.23. The molecule has 1 aliphatic rings. The molecule has 0 saturated carbocycles. The van der Waals surface area contributed by atoms with Crippen LogP contribution in [0.1, 0.15) is 17.2 Å². The van der Waals surface area contributed by atoms with Crippen molar-refractivity contribution in [2.45, 2.75) is 6.04 Å². The predicted octanol–water partition coefficient (Wildman–Crippen LogP) is 13.1. The zero-order valence-corrected chi connectivity index (χ0v) is 27.8. The summed E-state index contributed by atoms with van der Waals surface area (Å²) in [5.74, 6) is 0. The van der Waals surface area contributed by atoms with Gasteiger partial charge in [0.05, 0.1) is 17.1 Å². The Morgan fingerprint density at radius 1 is 0.353 bits per heavy atom. The van der Waals surface area contributed by atoms with Crippen LogP contribution in [0.3, 0.4) is 0 Å². The maximum absolute atomic E-state index is 3.80. The smallest absolute Gasteiger partial charge is 0.0779 e. The van der Waals surface area contributed by atoms with Gasteiger partial charge in [0.25, 0.3) is 0 Å². The topological polar surface area (TPSA) is 17.0 Å². The van der Waals surface area contributed by atoms with Crippen LogP contribution in [0.2, 0.25) is 0 Å². The molecule has 2 heteroatoms. The summed E-state index contributed by atoms with van der Waals surface area (Å²) in [6.07, 6.45) is 0. The fraction of sp³-hybridized carbons (Fsp3) is 0.0204. The molecule has 0 fully saturated rings. The van der Waals surface area contributed by atoms with Gasteiger partial charge >= 0.3 is 0 Å². The Hall–Kier alpha value is -6.64. The Bertz CT molecular complexity index is 2970. The van der Waals surface area contributed by atoms with Crippen LogP contribution in [0.4, 0.5) is 5.69 Å². The molecule has 11 rings (SSSR count). The fourth-order valence-electron chi connectivity index (χ4n) is 8.70. The zero-order chi connectivity index (χ0) is 33.5. The Morgan fingerprint density at radius 3 is 1.71 bits per heavy atom. The van der Waals surface area contributed by atoms with Crippen molar-refractivity contribution in [2.24, 2.45) is 0 Å². The molecule has 1 heterocycles. The fourth-order valence-corrected chi connectivity index (χ4v) is 8.70. The van der Waals surface area contributed by atoms with Crippen LogP contribution in [0.25, 0.3) is 82.1 Å². The molecular formula is C49H32N2. The molecule has 1 aliphatic carbocycles. The summed E-state index contributed by atoms with van der Waals surface area (Å²) < 4.78 is 2.44. The second kappa shape index (κ2) is 10.9. The second-order valence-electron chi connectivity index (χ2n) is 13.7. The summed E-state index contributed by atoms with van der Waals surface area (Å²) in [5, 5.41) is 14.1. The molecule has 0 aliphatic heterocycles. The van der Waals surface area contributed by atoms with E-state index in [1.165, 1.54) is 93.2 Å². The number of anilines is 1. The van der Waals surface area contributed by atoms with E-state index in [2.05, 4.69) is 192 Å². The number of nitrogens with one attached hydrogen (secondary N) is 1. The SMILES string of the molecule is c1ccc(NC2c3ccccc3-c3cc(-c4ccc5c(c4)c4ccccc4n5-c4ccc5c6ccccc6c6ccccc6c5c4)ccc32)cc1. The highest BCUT2D eigenvalue weighted by molar-refractivity contribution is 6.25. The molecule has 1 atom stereocenters. The first-order chi connectivity index (χ1) is 25.3. The van der Waals surface area contributed by atoms with Gasteiger partial charge in [0.1, 0.15) is 0 Å². The largest absolute Gasteiger partial charge is 0.374 e. The Kier molecular flexibility index (Phi) is 6.05. The number of para-hydroxylation sites is 2. The van der Waals surface area contributed by atoms with Gasteiger partial charge in [0.2, 0.25) is 0 Å². The molecule has 1 aromatic heterocycles. The third-order valence-electron chi connectivity index (χ3n) is 11.0. The minimum absolute atomic E-state index is 0.116. The lowest BCUT2D eigenvalue weighted by molar-refractivity contribution is 0.974. The molecule has 10 aromatic rings. The van der Waals surface area contributed by atoms with Crippen LogP contribution in [-0.4, -0.2) is 4.57 Å². The van der Waals surface area contributed by atoms with Crippen LogP contribution in [0.5, 0.6) is 0 Å². The van der Waals surface area contributed by atoms with Gasteiger partial charge in [-0.15, -0.1) is 0 Å². The lowest BCUT2D eigenvalue weighted by Gasteiger charge is -2.17. The molecule has 238 valence electrons. The van der Waals surface area contributed by atoms with Gasteiger partial charge in [0, 0.05) is 22.1 Å². The summed E-state index contributed by atoms with van der Waals surface area (Å²) in [4.78, 5) is 0. The van der Waals surface area contributed by atoms with Gasteiger partial charge in [-0.05, 0) is 114 Å². The molecule has 9 aromatic carbocycles. The van der Waals surface area contributed by atoms with Crippen molar-refractivity contribution < 1.29 is 0 Å². The average Bonchev–Trinajstić information content (AvgIpc) is 3.70. The third-order valence-corrected chi connectivity index (χ3v) is 11.0. The molecule has 0 bridgehead atoms. The minimum Gasteiger partial charge on any atom is -0.374 e. The van der Waals surface area contributed by atoms with Crippen molar-refractivity contribution >= 4 is 59.8 Å². The van der Waals surface area contributed by atoms with E-state index in [0.29, 0.717) is 0 Å². The highest BCUT2D eigenvalue weighted by Crippen LogP contribution is 2.47. The Morgan fingerprint density at radius 2 is 0.922 bits per heavy atom. The van der Waals surface area contributed by atoms with Crippen molar-refractivity contribution in [3.05, 3.63) is 193 Å². The van der Waals surface area contributed by atoms with Crippen molar-refractivity contribution in [3.8, 4) is 27.9 Å². The first-order valence-electron chi connectivity index (χ1n) is 17.7. The molecule has 1 N–H and O–H groups in total. The minimum atomic E-state index is 0.116. The molecule has 0 radical (unpaired) electrons. The number of benzene rings is 9. The molecule has 0 saturated heterocycles. The normalized spacial score (nSPS) is 13.7. The van der Waals surface area contributed by atoms with E-state index >= 15 is 0 Å². The van der Waals surface area contributed by atoms with Crippen molar-refractivity contribution in [1.82, 2.24) is 4.57 Å². The highest BCUT2D eigenvalue weighted by Gasteiger charge is 2.29. The van der Waals surface area contributed by atoms with Gasteiger partial charge in [-0.3, -0.25) is 0 Å². The maximum Gasteiger partial charge on any atom is 0.0779 e. The predicted molar refractivity (Wildman–Crippen MR) is 216 cm³/mol.